The Morgan fingerprint density at radius 1 is 0.944 bits per heavy atom. The van der Waals surface area contributed by atoms with Crippen molar-refractivity contribution in [2.75, 3.05) is 0 Å². The van der Waals surface area contributed by atoms with Crippen molar-refractivity contribution in [2.45, 2.75) is 13.8 Å². The predicted octanol–water partition coefficient (Wildman–Crippen LogP) is 3.00. The Labute approximate surface area is 108 Å². The topological polar surface area (TPSA) is 24.1 Å². The summed E-state index contributed by atoms with van der Waals surface area (Å²) in [6, 6.07) is 8.11. The van der Waals surface area contributed by atoms with E-state index in [9.17, 15) is 5.11 Å². The van der Waals surface area contributed by atoms with Crippen LogP contribution in [0.5, 0.6) is 5.75 Å². The molecule has 0 saturated carbocycles. The quantitative estimate of drug-likeness (QED) is 0.802. The van der Waals surface area contributed by atoms with Crippen LogP contribution in [0, 0.1) is 13.8 Å². The molecule has 0 unspecified atom stereocenters. The highest BCUT2D eigenvalue weighted by Gasteiger charge is 2.01. The number of phenolic OH excluding ortho intramolecular Hbond substituents is 1. The summed E-state index contributed by atoms with van der Waals surface area (Å²) in [7, 11) is 2.00. The highest BCUT2D eigenvalue weighted by Crippen LogP contribution is 2.23. The van der Waals surface area contributed by atoms with Gasteiger partial charge in [-0.25, -0.2) is 4.57 Å². The number of nitrogens with zero attached hydrogens (tertiary/aromatic N) is 1. The molecule has 0 bridgehead atoms. The molecule has 0 aliphatic heterocycles. The summed E-state index contributed by atoms with van der Waals surface area (Å²) in [5.74, 6) is 0.388. The Bertz CT molecular complexity index is 560. The van der Waals surface area contributed by atoms with E-state index in [1.54, 1.807) is 0 Å². The zero-order chi connectivity index (χ0) is 13.1. The van der Waals surface area contributed by atoms with Crippen LogP contribution in [-0.2, 0) is 7.05 Å². The number of rotatable bonds is 2. The maximum Gasteiger partial charge on any atom is 0.169 e. The van der Waals surface area contributed by atoms with Gasteiger partial charge in [-0.2, -0.15) is 0 Å². The lowest BCUT2D eigenvalue weighted by Gasteiger charge is -2.04. The molecule has 18 heavy (non-hydrogen) atoms. The van der Waals surface area contributed by atoms with Crippen LogP contribution in [0.1, 0.15) is 22.3 Å². The number of hydrogen-bond donors (Lipinski definition) is 1. The summed E-state index contributed by atoms with van der Waals surface area (Å²) in [4.78, 5) is 0. The van der Waals surface area contributed by atoms with Crippen molar-refractivity contribution in [3.8, 4) is 5.75 Å². The van der Waals surface area contributed by atoms with Crippen LogP contribution in [0.15, 0.2) is 36.7 Å². The van der Waals surface area contributed by atoms with Gasteiger partial charge < -0.3 is 5.11 Å². The smallest absolute Gasteiger partial charge is 0.169 e. The molecule has 2 nitrogen and oxygen atoms in total. The Balaban J connectivity index is 2.26. The van der Waals surface area contributed by atoms with Gasteiger partial charge in [-0.05, 0) is 48.2 Å². The second kappa shape index (κ2) is 5.05. The largest absolute Gasteiger partial charge is 0.507 e. The molecule has 92 valence electrons. The fourth-order valence-electron chi connectivity index (χ4n) is 1.90. The molecular weight excluding hydrogens is 222 g/mol. The third-order valence-electron chi connectivity index (χ3n) is 2.99. The third kappa shape index (κ3) is 2.77. The summed E-state index contributed by atoms with van der Waals surface area (Å²) in [6.45, 7) is 3.84. The predicted molar refractivity (Wildman–Crippen MR) is 74.1 cm³/mol. The molecule has 0 spiro atoms. The lowest BCUT2D eigenvalue weighted by Crippen LogP contribution is -2.25. The van der Waals surface area contributed by atoms with Crippen LogP contribution in [0.2, 0.25) is 0 Å². The van der Waals surface area contributed by atoms with E-state index in [1.165, 1.54) is 0 Å². The number of aromatic nitrogens is 1. The van der Waals surface area contributed by atoms with Crippen LogP contribution < -0.4 is 4.57 Å². The lowest BCUT2D eigenvalue weighted by atomic mass is 10.0. The van der Waals surface area contributed by atoms with Crippen molar-refractivity contribution in [3.05, 3.63) is 58.9 Å². The highest BCUT2D eigenvalue weighted by molar-refractivity contribution is 5.70. The van der Waals surface area contributed by atoms with Crippen molar-refractivity contribution in [1.29, 1.82) is 0 Å². The monoisotopic (exact) mass is 240 g/mol. The maximum absolute atomic E-state index is 9.72. The minimum atomic E-state index is 0.388. The average Bonchev–Trinajstić information content (AvgIpc) is 2.35. The molecule has 2 aromatic rings. The zero-order valence-electron chi connectivity index (χ0n) is 11.0. The van der Waals surface area contributed by atoms with E-state index in [0.717, 1.165) is 22.3 Å². The van der Waals surface area contributed by atoms with E-state index in [-0.39, 0.29) is 0 Å². The molecular formula is C16H18NO+. The Morgan fingerprint density at radius 3 is 2.00 bits per heavy atom. The minimum absolute atomic E-state index is 0.388. The highest BCUT2D eigenvalue weighted by atomic mass is 16.3. The second-order valence-electron chi connectivity index (χ2n) is 4.63. The van der Waals surface area contributed by atoms with Crippen LogP contribution in [-0.4, -0.2) is 5.11 Å². The standard InChI is InChI=1S/C16H17NO/c1-12-10-15(11-13(2)16(12)18)5-4-14-6-8-17(3)9-7-14/h4-11H,1-3H3/p+1. The van der Waals surface area contributed by atoms with Crippen molar-refractivity contribution in [2.24, 2.45) is 7.05 Å². The Kier molecular flexibility index (Phi) is 3.47. The maximum atomic E-state index is 9.72. The van der Waals surface area contributed by atoms with Crippen LogP contribution in [0.3, 0.4) is 0 Å². The number of benzene rings is 1. The fourth-order valence-corrected chi connectivity index (χ4v) is 1.90. The summed E-state index contributed by atoms with van der Waals surface area (Å²) in [6.07, 6.45) is 8.18. The molecule has 0 amide bonds. The van der Waals surface area contributed by atoms with Gasteiger partial charge in [0.15, 0.2) is 12.4 Å². The Hall–Kier alpha value is -2.09. The normalized spacial score (nSPS) is 11.1. The van der Waals surface area contributed by atoms with E-state index in [1.807, 2.05) is 50.0 Å². The third-order valence-corrected chi connectivity index (χ3v) is 2.99. The van der Waals surface area contributed by atoms with Gasteiger partial charge in [-0.1, -0.05) is 12.2 Å². The second-order valence-corrected chi connectivity index (χ2v) is 4.63. The molecule has 0 aliphatic carbocycles. The van der Waals surface area contributed by atoms with Gasteiger partial charge in [0, 0.05) is 12.1 Å². The molecule has 1 heterocycles. The summed E-state index contributed by atoms with van der Waals surface area (Å²) in [5.41, 5.74) is 4.09. The van der Waals surface area contributed by atoms with Gasteiger partial charge in [0.05, 0.1) is 0 Å². The molecule has 1 aromatic carbocycles. The van der Waals surface area contributed by atoms with Gasteiger partial charge in [0.1, 0.15) is 12.8 Å². The van der Waals surface area contributed by atoms with Gasteiger partial charge >= 0.3 is 0 Å². The summed E-state index contributed by atoms with van der Waals surface area (Å²) >= 11 is 0. The molecule has 0 aliphatic rings. The van der Waals surface area contributed by atoms with Gasteiger partial charge in [-0.15, -0.1) is 0 Å². The lowest BCUT2D eigenvalue weighted by molar-refractivity contribution is -0.671. The van der Waals surface area contributed by atoms with Crippen LogP contribution >= 0.6 is 0 Å². The molecule has 0 fully saturated rings. The van der Waals surface area contributed by atoms with Gasteiger partial charge in [0.25, 0.3) is 0 Å². The Morgan fingerprint density at radius 2 is 1.44 bits per heavy atom. The first-order chi connectivity index (χ1) is 8.56. The van der Waals surface area contributed by atoms with Crippen LogP contribution in [0.25, 0.3) is 12.2 Å². The van der Waals surface area contributed by atoms with E-state index >= 15 is 0 Å². The number of aryl methyl sites for hydroxylation is 3. The van der Waals surface area contributed by atoms with Gasteiger partial charge in [0.2, 0.25) is 0 Å². The van der Waals surface area contributed by atoms with Crippen molar-refractivity contribution in [1.82, 2.24) is 0 Å². The molecule has 2 rings (SSSR count). The minimum Gasteiger partial charge on any atom is -0.507 e. The molecule has 2 heteroatoms. The van der Waals surface area contributed by atoms with E-state index in [4.69, 9.17) is 0 Å². The molecule has 0 saturated heterocycles. The number of phenols is 1. The van der Waals surface area contributed by atoms with E-state index in [2.05, 4.69) is 24.3 Å². The molecule has 1 N–H and O–H groups in total. The first kappa shape index (κ1) is 12.4. The first-order valence-corrected chi connectivity index (χ1v) is 6.00. The number of hydrogen-bond acceptors (Lipinski definition) is 1. The number of aromatic hydroxyl groups is 1. The fraction of sp³-hybridized carbons (Fsp3) is 0.188. The van der Waals surface area contributed by atoms with Crippen molar-refractivity contribution in [3.63, 3.8) is 0 Å². The van der Waals surface area contributed by atoms with Gasteiger partial charge in [-0.3, -0.25) is 0 Å². The summed E-state index contributed by atoms with van der Waals surface area (Å²) in [5, 5.41) is 9.72. The van der Waals surface area contributed by atoms with Crippen molar-refractivity contribution < 1.29 is 9.67 Å². The van der Waals surface area contributed by atoms with Crippen LogP contribution in [0.4, 0.5) is 0 Å². The van der Waals surface area contributed by atoms with E-state index in [0.29, 0.717) is 5.75 Å². The van der Waals surface area contributed by atoms with Crippen molar-refractivity contribution >= 4 is 12.2 Å². The zero-order valence-corrected chi connectivity index (χ0v) is 11.0. The molecule has 0 radical (unpaired) electrons. The van der Waals surface area contributed by atoms with E-state index < -0.39 is 0 Å². The SMILES string of the molecule is Cc1cc(C=Cc2cc[n+](C)cc2)cc(C)c1O. The molecule has 0 atom stereocenters. The molecule has 1 aromatic heterocycles. The number of pyridine rings is 1. The summed E-state index contributed by atoms with van der Waals surface area (Å²) < 4.78 is 2.01. The first-order valence-electron chi connectivity index (χ1n) is 6.00. The average molecular weight is 240 g/mol.